The number of amides is 1. The Bertz CT molecular complexity index is 507. The molecule has 0 bridgehead atoms. The van der Waals surface area contributed by atoms with E-state index in [0.717, 1.165) is 13.1 Å². The summed E-state index contributed by atoms with van der Waals surface area (Å²) < 4.78 is 24.6. The van der Waals surface area contributed by atoms with Crippen LogP contribution in [-0.4, -0.2) is 68.6 Å². The molecule has 7 heteroatoms. The van der Waals surface area contributed by atoms with Gasteiger partial charge in [0, 0.05) is 31.6 Å². The molecule has 2 saturated heterocycles. The molecule has 2 heterocycles. The summed E-state index contributed by atoms with van der Waals surface area (Å²) in [6, 6.07) is 0.394. The van der Waals surface area contributed by atoms with Gasteiger partial charge < -0.3 is 5.32 Å². The molecule has 0 radical (unpaired) electrons. The van der Waals surface area contributed by atoms with Crippen molar-refractivity contribution < 1.29 is 13.2 Å². The van der Waals surface area contributed by atoms with Crippen molar-refractivity contribution in [1.29, 1.82) is 0 Å². The predicted octanol–water partition coefficient (Wildman–Crippen LogP) is 1.28. The van der Waals surface area contributed by atoms with Gasteiger partial charge in [-0.25, -0.2) is 12.7 Å². The van der Waals surface area contributed by atoms with Gasteiger partial charge in [-0.3, -0.25) is 9.69 Å². The monoisotopic (exact) mass is 359 g/mol. The van der Waals surface area contributed by atoms with E-state index < -0.39 is 10.0 Å². The molecule has 0 aliphatic carbocycles. The van der Waals surface area contributed by atoms with Crippen LogP contribution in [0.3, 0.4) is 0 Å². The van der Waals surface area contributed by atoms with Crippen molar-refractivity contribution in [2.75, 3.05) is 39.0 Å². The number of carbonyl (C=O) groups excluding carboxylic acids is 1. The Labute approximate surface area is 147 Å². The highest BCUT2D eigenvalue weighted by atomic mass is 32.2. The van der Waals surface area contributed by atoms with E-state index in [2.05, 4.69) is 24.1 Å². The molecule has 0 aromatic carbocycles. The van der Waals surface area contributed by atoms with E-state index in [4.69, 9.17) is 0 Å². The van der Waals surface area contributed by atoms with Gasteiger partial charge in [0.2, 0.25) is 15.9 Å². The van der Waals surface area contributed by atoms with Crippen molar-refractivity contribution in [2.24, 2.45) is 11.8 Å². The zero-order valence-corrected chi connectivity index (χ0v) is 16.1. The van der Waals surface area contributed by atoms with Crippen molar-refractivity contribution in [1.82, 2.24) is 14.5 Å². The topological polar surface area (TPSA) is 69.7 Å². The summed E-state index contributed by atoms with van der Waals surface area (Å²) in [5.41, 5.74) is 0. The molecule has 1 N–H and O–H groups in total. The second-order valence-electron chi connectivity index (χ2n) is 7.59. The molecule has 140 valence electrons. The Morgan fingerprint density at radius 3 is 2.17 bits per heavy atom. The Morgan fingerprint density at radius 1 is 1.08 bits per heavy atom. The Kier molecular flexibility index (Phi) is 7.07. The van der Waals surface area contributed by atoms with Gasteiger partial charge in [0.15, 0.2) is 0 Å². The average Bonchev–Trinajstić information content (AvgIpc) is 2.55. The maximum Gasteiger partial charge on any atom is 0.223 e. The number of rotatable bonds is 6. The predicted molar refractivity (Wildman–Crippen MR) is 96.2 cm³/mol. The lowest BCUT2D eigenvalue weighted by Gasteiger charge is -2.37. The number of sulfonamides is 1. The summed E-state index contributed by atoms with van der Waals surface area (Å²) in [5.74, 6) is 0.540. The summed E-state index contributed by atoms with van der Waals surface area (Å²) in [6.07, 6.45) is 6.29. The smallest absolute Gasteiger partial charge is 0.223 e. The SMILES string of the molecule is CC(C)C(CNC(=O)C1CCN(S(C)(=O)=O)CC1)N1CCCCC1. The number of hydrogen-bond donors (Lipinski definition) is 1. The minimum absolute atomic E-state index is 0.0582. The van der Waals surface area contributed by atoms with E-state index >= 15 is 0 Å². The highest BCUT2D eigenvalue weighted by Crippen LogP contribution is 2.20. The van der Waals surface area contributed by atoms with Crippen molar-refractivity contribution in [3.05, 3.63) is 0 Å². The van der Waals surface area contributed by atoms with E-state index in [1.807, 2.05) is 0 Å². The molecule has 6 nitrogen and oxygen atoms in total. The Balaban J connectivity index is 1.81. The number of nitrogens with zero attached hydrogens (tertiary/aromatic N) is 2. The van der Waals surface area contributed by atoms with Crippen molar-refractivity contribution in [2.45, 2.75) is 52.0 Å². The summed E-state index contributed by atoms with van der Waals surface area (Å²) >= 11 is 0. The van der Waals surface area contributed by atoms with Crippen LogP contribution in [0, 0.1) is 11.8 Å². The molecule has 0 spiro atoms. The molecule has 1 atom stereocenters. The molecule has 2 fully saturated rings. The fraction of sp³-hybridized carbons (Fsp3) is 0.941. The Morgan fingerprint density at radius 2 is 1.67 bits per heavy atom. The van der Waals surface area contributed by atoms with Crippen molar-refractivity contribution in [3.63, 3.8) is 0 Å². The normalized spacial score (nSPS) is 23.3. The van der Waals surface area contributed by atoms with Gasteiger partial charge in [-0.05, 0) is 44.7 Å². The lowest BCUT2D eigenvalue weighted by Crippen LogP contribution is -2.50. The van der Waals surface area contributed by atoms with Gasteiger partial charge in [-0.15, -0.1) is 0 Å². The zero-order chi connectivity index (χ0) is 17.7. The van der Waals surface area contributed by atoms with E-state index in [0.29, 0.717) is 44.4 Å². The molecule has 0 saturated carbocycles. The van der Waals surface area contributed by atoms with Gasteiger partial charge in [0.1, 0.15) is 0 Å². The lowest BCUT2D eigenvalue weighted by molar-refractivity contribution is -0.126. The molecule has 2 aliphatic heterocycles. The third-order valence-electron chi connectivity index (χ3n) is 5.41. The first kappa shape index (κ1) is 19.7. The number of hydrogen-bond acceptors (Lipinski definition) is 4. The quantitative estimate of drug-likeness (QED) is 0.776. The average molecular weight is 360 g/mol. The second kappa shape index (κ2) is 8.63. The van der Waals surface area contributed by atoms with Gasteiger partial charge in [0.25, 0.3) is 0 Å². The lowest BCUT2D eigenvalue weighted by atomic mass is 9.96. The van der Waals surface area contributed by atoms with Crippen LogP contribution in [0.15, 0.2) is 0 Å². The van der Waals surface area contributed by atoms with E-state index in [-0.39, 0.29) is 11.8 Å². The summed E-state index contributed by atoms with van der Waals surface area (Å²) in [6.45, 7) is 8.30. The van der Waals surface area contributed by atoms with Crippen molar-refractivity contribution in [3.8, 4) is 0 Å². The van der Waals surface area contributed by atoms with Crippen LogP contribution in [0.5, 0.6) is 0 Å². The first-order valence-electron chi connectivity index (χ1n) is 9.26. The summed E-state index contributed by atoms with van der Waals surface area (Å²) in [5, 5.41) is 3.14. The third-order valence-corrected chi connectivity index (χ3v) is 6.71. The first-order chi connectivity index (χ1) is 11.3. The second-order valence-corrected chi connectivity index (χ2v) is 9.57. The van der Waals surface area contributed by atoms with Crippen LogP contribution in [-0.2, 0) is 14.8 Å². The van der Waals surface area contributed by atoms with Crippen LogP contribution < -0.4 is 5.32 Å². The van der Waals surface area contributed by atoms with Gasteiger partial charge in [-0.2, -0.15) is 0 Å². The standard InChI is InChI=1S/C17H33N3O3S/c1-14(2)16(19-9-5-4-6-10-19)13-18-17(21)15-7-11-20(12-8-15)24(3,22)23/h14-16H,4-13H2,1-3H3,(H,18,21). The van der Waals surface area contributed by atoms with Crippen LogP contribution in [0.2, 0.25) is 0 Å². The highest BCUT2D eigenvalue weighted by Gasteiger charge is 2.30. The number of nitrogens with one attached hydrogen (secondary N) is 1. The van der Waals surface area contributed by atoms with Gasteiger partial charge in [-0.1, -0.05) is 20.3 Å². The molecule has 0 aromatic rings. The molecular weight excluding hydrogens is 326 g/mol. The largest absolute Gasteiger partial charge is 0.354 e. The van der Waals surface area contributed by atoms with Gasteiger partial charge in [0.05, 0.1) is 6.26 Å². The van der Waals surface area contributed by atoms with Crippen LogP contribution in [0.4, 0.5) is 0 Å². The van der Waals surface area contributed by atoms with E-state index in [9.17, 15) is 13.2 Å². The van der Waals surface area contributed by atoms with E-state index in [1.54, 1.807) is 0 Å². The number of piperidine rings is 2. The fourth-order valence-electron chi connectivity index (χ4n) is 3.84. The molecule has 1 amide bonds. The maximum atomic E-state index is 12.5. The molecule has 1 unspecified atom stereocenters. The molecule has 24 heavy (non-hydrogen) atoms. The van der Waals surface area contributed by atoms with Crippen LogP contribution in [0.25, 0.3) is 0 Å². The molecule has 0 aromatic heterocycles. The van der Waals surface area contributed by atoms with Crippen LogP contribution >= 0.6 is 0 Å². The molecule has 2 rings (SSSR count). The zero-order valence-electron chi connectivity index (χ0n) is 15.3. The van der Waals surface area contributed by atoms with E-state index in [1.165, 1.54) is 29.8 Å². The molecule has 2 aliphatic rings. The number of likely N-dealkylation sites (tertiary alicyclic amines) is 1. The minimum atomic E-state index is -3.13. The Hall–Kier alpha value is -0.660. The number of carbonyl (C=O) groups is 1. The third kappa shape index (κ3) is 5.43. The first-order valence-corrected chi connectivity index (χ1v) is 11.1. The maximum absolute atomic E-state index is 12.5. The molecular formula is C17H33N3O3S. The van der Waals surface area contributed by atoms with Crippen molar-refractivity contribution >= 4 is 15.9 Å². The van der Waals surface area contributed by atoms with Crippen LogP contribution in [0.1, 0.15) is 46.0 Å². The highest BCUT2D eigenvalue weighted by molar-refractivity contribution is 7.88. The summed E-state index contributed by atoms with van der Waals surface area (Å²) in [4.78, 5) is 15.0. The fourth-order valence-corrected chi connectivity index (χ4v) is 4.71. The van der Waals surface area contributed by atoms with Gasteiger partial charge >= 0.3 is 0 Å². The summed E-state index contributed by atoms with van der Waals surface area (Å²) in [7, 11) is -3.13. The minimum Gasteiger partial charge on any atom is -0.354 e.